The zero-order valence-corrected chi connectivity index (χ0v) is 13.5. The molecule has 3 nitrogen and oxygen atoms in total. The molecule has 0 bridgehead atoms. The third-order valence-electron chi connectivity index (χ3n) is 3.48. The maximum Gasteiger partial charge on any atom is 0.0848 e. The molecular weight excluding hydrogens is 293 g/mol. The summed E-state index contributed by atoms with van der Waals surface area (Å²) in [6.07, 6.45) is 1.69. The third-order valence-corrected chi connectivity index (χ3v) is 4.26. The van der Waals surface area contributed by atoms with Crippen LogP contribution in [0.4, 0.5) is 0 Å². The zero-order valence-electron chi connectivity index (χ0n) is 12.0. The molecule has 20 heavy (non-hydrogen) atoms. The molecule has 0 radical (unpaired) electrons. The first-order chi connectivity index (χ1) is 9.43. The molecule has 0 aliphatic carbocycles. The van der Waals surface area contributed by atoms with E-state index in [1.807, 2.05) is 36.7 Å². The second-order valence-corrected chi connectivity index (χ2v) is 5.86. The first-order valence-corrected chi connectivity index (χ1v) is 7.45. The summed E-state index contributed by atoms with van der Waals surface area (Å²) >= 11 is 12.3. The Hall–Kier alpha value is -1.03. The number of nitrogens with two attached hydrogens (primary N) is 1. The number of hydrogen-bond acceptors (Lipinski definition) is 2. The number of benzene rings is 1. The van der Waals surface area contributed by atoms with Crippen LogP contribution in [0.25, 0.3) is 5.69 Å². The molecule has 5 heteroatoms. The third kappa shape index (κ3) is 3.00. The van der Waals surface area contributed by atoms with Gasteiger partial charge in [-0.05, 0) is 50.5 Å². The van der Waals surface area contributed by atoms with E-state index in [1.165, 1.54) is 0 Å². The van der Waals surface area contributed by atoms with Crippen molar-refractivity contribution in [3.63, 3.8) is 0 Å². The Balaban J connectivity index is 2.52. The Bertz CT molecular complexity index is 620. The molecule has 1 unspecified atom stereocenters. The van der Waals surface area contributed by atoms with Crippen molar-refractivity contribution in [2.45, 2.75) is 39.7 Å². The highest BCUT2D eigenvalue weighted by Crippen LogP contribution is 2.26. The Kier molecular flexibility index (Phi) is 4.74. The van der Waals surface area contributed by atoms with Gasteiger partial charge in [-0.3, -0.25) is 0 Å². The van der Waals surface area contributed by atoms with Gasteiger partial charge in [0.05, 0.1) is 22.1 Å². The van der Waals surface area contributed by atoms with Crippen LogP contribution in [-0.2, 0) is 6.42 Å². The van der Waals surface area contributed by atoms with Crippen molar-refractivity contribution >= 4 is 23.2 Å². The smallest absolute Gasteiger partial charge is 0.0848 e. The van der Waals surface area contributed by atoms with Gasteiger partial charge < -0.3 is 5.73 Å². The van der Waals surface area contributed by atoms with Crippen molar-refractivity contribution in [2.24, 2.45) is 5.73 Å². The van der Waals surface area contributed by atoms with Gasteiger partial charge in [-0.1, -0.05) is 30.1 Å². The van der Waals surface area contributed by atoms with E-state index < -0.39 is 0 Å². The molecule has 0 fully saturated rings. The highest BCUT2D eigenvalue weighted by atomic mass is 35.5. The summed E-state index contributed by atoms with van der Waals surface area (Å²) in [5.74, 6) is 0. The lowest BCUT2D eigenvalue weighted by molar-refractivity contribution is 0.641. The monoisotopic (exact) mass is 311 g/mol. The van der Waals surface area contributed by atoms with E-state index in [1.54, 1.807) is 0 Å². The number of halogens is 2. The number of rotatable bonds is 4. The average molecular weight is 312 g/mol. The highest BCUT2D eigenvalue weighted by Gasteiger charge is 2.15. The molecule has 1 atom stereocenters. The topological polar surface area (TPSA) is 43.8 Å². The van der Waals surface area contributed by atoms with Gasteiger partial charge in [-0.15, -0.1) is 0 Å². The van der Waals surface area contributed by atoms with Gasteiger partial charge in [-0.25, -0.2) is 4.68 Å². The lowest BCUT2D eigenvalue weighted by Gasteiger charge is -2.15. The van der Waals surface area contributed by atoms with Crippen molar-refractivity contribution in [3.8, 4) is 5.69 Å². The van der Waals surface area contributed by atoms with Crippen LogP contribution >= 0.6 is 23.2 Å². The molecule has 0 saturated heterocycles. The maximum absolute atomic E-state index is 6.23. The zero-order chi connectivity index (χ0) is 14.9. The molecule has 2 N–H and O–H groups in total. The van der Waals surface area contributed by atoms with Crippen molar-refractivity contribution < 1.29 is 0 Å². The Morgan fingerprint density at radius 2 is 2.00 bits per heavy atom. The van der Waals surface area contributed by atoms with Crippen LogP contribution in [0.1, 0.15) is 30.3 Å². The molecular formula is C15H19Cl2N3. The summed E-state index contributed by atoms with van der Waals surface area (Å²) in [6.45, 7) is 5.94. The largest absolute Gasteiger partial charge is 0.327 e. The van der Waals surface area contributed by atoms with Gasteiger partial charge in [0.15, 0.2) is 0 Å². The fourth-order valence-corrected chi connectivity index (χ4v) is 2.52. The summed E-state index contributed by atoms with van der Waals surface area (Å²) in [4.78, 5) is 0. The van der Waals surface area contributed by atoms with E-state index in [0.717, 1.165) is 35.5 Å². The Morgan fingerprint density at radius 3 is 2.55 bits per heavy atom. The van der Waals surface area contributed by atoms with E-state index >= 15 is 0 Å². The first-order valence-electron chi connectivity index (χ1n) is 6.70. The van der Waals surface area contributed by atoms with Crippen molar-refractivity contribution in [1.82, 2.24) is 9.78 Å². The Labute approximate surface area is 129 Å². The summed E-state index contributed by atoms with van der Waals surface area (Å²) < 4.78 is 1.87. The normalized spacial score (nSPS) is 12.7. The predicted octanol–water partition coefficient (Wildman–Crippen LogP) is 4.08. The summed E-state index contributed by atoms with van der Waals surface area (Å²) in [5.41, 5.74) is 9.91. The van der Waals surface area contributed by atoms with Crippen molar-refractivity contribution in [2.75, 3.05) is 0 Å². The first kappa shape index (κ1) is 15.4. The van der Waals surface area contributed by atoms with E-state index in [4.69, 9.17) is 28.9 Å². The van der Waals surface area contributed by atoms with Crippen LogP contribution in [0.2, 0.25) is 10.0 Å². The van der Waals surface area contributed by atoms with Gasteiger partial charge >= 0.3 is 0 Å². The molecule has 1 aromatic heterocycles. The second kappa shape index (κ2) is 6.17. The van der Waals surface area contributed by atoms with Gasteiger partial charge in [0.2, 0.25) is 0 Å². The minimum Gasteiger partial charge on any atom is -0.327 e. The van der Waals surface area contributed by atoms with Crippen LogP contribution in [0.15, 0.2) is 18.2 Å². The van der Waals surface area contributed by atoms with E-state index in [-0.39, 0.29) is 6.04 Å². The Morgan fingerprint density at radius 1 is 1.30 bits per heavy atom. The molecule has 0 aliphatic heterocycles. The van der Waals surface area contributed by atoms with Crippen LogP contribution in [0.3, 0.4) is 0 Å². The number of hydrogen-bond donors (Lipinski definition) is 1. The summed E-state index contributed by atoms with van der Waals surface area (Å²) in [6, 6.07) is 5.90. The van der Waals surface area contributed by atoms with E-state index in [0.29, 0.717) is 10.0 Å². The number of nitrogens with zero attached hydrogens (tertiary/aromatic N) is 2. The van der Waals surface area contributed by atoms with Crippen molar-refractivity contribution in [3.05, 3.63) is 45.2 Å². The minimum atomic E-state index is 0.111. The van der Waals surface area contributed by atoms with E-state index in [9.17, 15) is 0 Å². The molecule has 108 valence electrons. The van der Waals surface area contributed by atoms with Gasteiger partial charge in [-0.2, -0.15) is 5.10 Å². The molecule has 0 spiro atoms. The fourth-order valence-electron chi connectivity index (χ4n) is 2.21. The average Bonchev–Trinajstić information content (AvgIpc) is 2.66. The predicted molar refractivity (Wildman–Crippen MR) is 85.0 cm³/mol. The van der Waals surface area contributed by atoms with Crippen LogP contribution in [0, 0.1) is 13.8 Å². The van der Waals surface area contributed by atoms with Crippen LogP contribution < -0.4 is 5.73 Å². The standard InChI is InChI=1S/C15H19Cl2N3/c1-4-13(18)8-11-7-12(16)5-6-14(11)20-10(3)15(17)9(2)19-20/h5-7,13H,4,8,18H2,1-3H3. The van der Waals surface area contributed by atoms with Crippen molar-refractivity contribution in [1.29, 1.82) is 0 Å². The lowest BCUT2D eigenvalue weighted by atomic mass is 10.0. The molecule has 1 aromatic carbocycles. The van der Waals surface area contributed by atoms with Gasteiger partial charge in [0.1, 0.15) is 0 Å². The molecule has 2 aromatic rings. The SMILES string of the molecule is CCC(N)Cc1cc(Cl)ccc1-n1nc(C)c(Cl)c1C. The minimum absolute atomic E-state index is 0.111. The fraction of sp³-hybridized carbons (Fsp3) is 0.400. The molecule has 0 saturated carbocycles. The molecule has 0 amide bonds. The van der Waals surface area contributed by atoms with Gasteiger partial charge in [0, 0.05) is 11.1 Å². The number of aromatic nitrogens is 2. The second-order valence-electron chi connectivity index (χ2n) is 5.04. The molecule has 1 heterocycles. The lowest BCUT2D eigenvalue weighted by Crippen LogP contribution is -2.22. The van der Waals surface area contributed by atoms with Gasteiger partial charge in [0.25, 0.3) is 0 Å². The van der Waals surface area contributed by atoms with Crippen LogP contribution in [0.5, 0.6) is 0 Å². The number of aryl methyl sites for hydroxylation is 1. The summed E-state index contributed by atoms with van der Waals surface area (Å²) in [7, 11) is 0. The van der Waals surface area contributed by atoms with E-state index in [2.05, 4.69) is 12.0 Å². The highest BCUT2D eigenvalue weighted by molar-refractivity contribution is 6.32. The quantitative estimate of drug-likeness (QED) is 0.924. The molecule has 0 aliphatic rings. The maximum atomic E-state index is 6.23. The molecule has 2 rings (SSSR count). The van der Waals surface area contributed by atoms with Crippen LogP contribution in [-0.4, -0.2) is 15.8 Å². The summed E-state index contributed by atoms with van der Waals surface area (Å²) in [5, 5.41) is 5.91.